The maximum Gasteiger partial charge on any atom is 0.313 e. The predicted octanol–water partition coefficient (Wildman–Crippen LogP) is -0.0295. The monoisotopic (exact) mass is 463 g/mol. The number of nitrogens with zero attached hydrogens (tertiary/aromatic N) is 2. The number of amides is 3. The Kier molecular flexibility index (Phi) is 7.20. The van der Waals surface area contributed by atoms with Crippen LogP contribution in [0.5, 0.6) is 0 Å². The maximum absolute atomic E-state index is 13.0. The third-order valence-corrected chi connectivity index (χ3v) is 6.73. The van der Waals surface area contributed by atoms with Gasteiger partial charge in [-0.2, -0.15) is 0 Å². The van der Waals surface area contributed by atoms with Crippen LogP contribution in [0.15, 0.2) is 48.8 Å². The second-order valence-corrected chi connectivity index (χ2v) is 8.92. The molecule has 4 rings (SSSR count). The highest BCUT2D eigenvalue weighted by molar-refractivity contribution is 6.43. The first-order valence-corrected chi connectivity index (χ1v) is 11.7. The van der Waals surface area contributed by atoms with Gasteiger partial charge in [-0.1, -0.05) is 30.3 Å². The van der Waals surface area contributed by atoms with E-state index in [2.05, 4.69) is 27.8 Å². The van der Waals surface area contributed by atoms with Gasteiger partial charge in [0, 0.05) is 18.8 Å². The maximum atomic E-state index is 13.0. The molecular formula is C25H31N6O3+. The average Bonchev–Trinajstić information content (AvgIpc) is 3.53. The molecule has 0 radical (unpaired) electrons. The number of nitrogens with two attached hydrogens (primary N) is 2. The van der Waals surface area contributed by atoms with E-state index in [1.54, 1.807) is 11.0 Å². The summed E-state index contributed by atoms with van der Waals surface area (Å²) in [6, 6.07) is 11.6. The van der Waals surface area contributed by atoms with E-state index in [-0.39, 0.29) is 30.1 Å². The molecule has 1 aliphatic heterocycles. The minimum Gasteiger partial charge on any atom is -0.374 e. The van der Waals surface area contributed by atoms with Gasteiger partial charge in [-0.3, -0.25) is 19.4 Å². The summed E-state index contributed by atoms with van der Waals surface area (Å²) < 4.78 is 0. The summed E-state index contributed by atoms with van der Waals surface area (Å²) in [6.07, 6.45) is 7.30. The molecule has 0 bridgehead atoms. The number of nitrogens with one attached hydrogen (secondary N) is 2. The Labute approximate surface area is 198 Å². The van der Waals surface area contributed by atoms with Crippen LogP contribution < -0.4 is 21.8 Å². The smallest absolute Gasteiger partial charge is 0.313 e. The number of hydrogen-bond acceptors (Lipinski definition) is 5. The Bertz CT molecular complexity index is 1070. The largest absolute Gasteiger partial charge is 0.374 e. The van der Waals surface area contributed by atoms with Crippen molar-refractivity contribution in [3.8, 4) is 0 Å². The predicted molar refractivity (Wildman–Crippen MR) is 128 cm³/mol. The molecule has 178 valence electrons. The number of anilines is 1. The molecule has 1 saturated carbocycles. The molecule has 2 fully saturated rings. The summed E-state index contributed by atoms with van der Waals surface area (Å²) in [4.78, 5) is 43.1. The van der Waals surface area contributed by atoms with Crippen LogP contribution in [-0.4, -0.2) is 58.5 Å². The van der Waals surface area contributed by atoms with E-state index in [1.807, 2.05) is 18.2 Å². The molecule has 1 aromatic carbocycles. The zero-order valence-corrected chi connectivity index (χ0v) is 19.1. The normalized spacial score (nSPS) is 21.8. The molecule has 2 aromatic rings. The van der Waals surface area contributed by atoms with Gasteiger partial charge in [0.25, 0.3) is 5.71 Å². The van der Waals surface area contributed by atoms with Crippen molar-refractivity contribution in [1.29, 1.82) is 0 Å². The second-order valence-electron chi connectivity index (χ2n) is 8.92. The number of carbonyl (C=O) groups excluding carboxylic acids is 3. The van der Waals surface area contributed by atoms with Crippen LogP contribution in [0.2, 0.25) is 0 Å². The van der Waals surface area contributed by atoms with Gasteiger partial charge in [0.1, 0.15) is 6.04 Å². The number of carbonyl (C=O) groups is 3. The molecule has 0 spiro atoms. The number of hydrogen-bond donors (Lipinski definition) is 4. The van der Waals surface area contributed by atoms with Crippen molar-refractivity contribution < 1.29 is 19.8 Å². The number of benzene rings is 1. The summed E-state index contributed by atoms with van der Waals surface area (Å²) in [5.41, 5.74) is 7.31. The molecule has 1 aromatic heterocycles. The highest BCUT2D eigenvalue weighted by atomic mass is 16.2. The third-order valence-electron chi connectivity index (χ3n) is 6.73. The topological polar surface area (TPSA) is 143 Å². The van der Waals surface area contributed by atoms with Crippen molar-refractivity contribution in [3.05, 3.63) is 59.9 Å². The minimum absolute atomic E-state index is 0.0476. The number of aromatic nitrogens is 1. The van der Waals surface area contributed by atoms with Gasteiger partial charge >= 0.3 is 5.91 Å². The Morgan fingerprint density at radius 1 is 1.12 bits per heavy atom. The summed E-state index contributed by atoms with van der Waals surface area (Å²) in [5, 5.41) is 11.9. The Morgan fingerprint density at radius 3 is 2.68 bits per heavy atom. The first kappa shape index (κ1) is 23.4. The standard InChI is InChI=1S/C25H30N6O3/c26-23(24(27)33)19-10-11-28-14-20(19)29-15-22(32)31-12-4-7-21(31)25(34)30-18-9-8-17(13-18)16-5-2-1-3-6-16/h1-3,5-6,10-11,14,17-18,21,26,29H,4,7-9,12-13,15H2,(H2,27,33)(H,30,34)/p+1/t17-,18?,21?/m0/s1. The van der Waals surface area contributed by atoms with E-state index in [0.29, 0.717) is 30.1 Å². The minimum atomic E-state index is -0.752. The molecule has 2 unspecified atom stereocenters. The number of pyridine rings is 1. The molecule has 3 amide bonds. The van der Waals surface area contributed by atoms with Gasteiger partial charge in [0.15, 0.2) is 0 Å². The Balaban J connectivity index is 1.33. The molecule has 34 heavy (non-hydrogen) atoms. The van der Waals surface area contributed by atoms with Crippen molar-refractivity contribution in [2.45, 2.75) is 50.1 Å². The molecule has 6 N–H and O–H groups in total. The van der Waals surface area contributed by atoms with E-state index in [4.69, 9.17) is 11.1 Å². The summed E-state index contributed by atoms with van der Waals surface area (Å²) >= 11 is 0. The molecule has 3 atom stereocenters. The molecular weight excluding hydrogens is 432 g/mol. The van der Waals surface area contributed by atoms with E-state index < -0.39 is 11.9 Å². The average molecular weight is 464 g/mol. The van der Waals surface area contributed by atoms with Crippen molar-refractivity contribution in [1.82, 2.24) is 15.2 Å². The molecule has 9 heteroatoms. The lowest BCUT2D eigenvalue weighted by molar-refractivity contribution is -0.137. The molecule has 2 aliphatic rings. The van der Waals surface area contributed by atoms with Crippen LogP contribution in [0.3, 0.4) is 0 Å². The van der Waals surface area contributed by atoms with Crippen molar-refractivity contribution in [2.75, 3.05) is 18.4 Å². The SMILES string of the molecule is NC(=O)C(=[NH2+])c1ccncc1NCC(=O)N1CCCC1C(=O)NC1CC[C@H](c2ccccc2)C1. The Morgan fingerprint density at radius 2 is 1.91 bits per heavy atom. The molecule has 2 heterocycles. The quantitative estimate of drug-likeness (QED) is 0.407. The van der Waals surface area contributed by atoms with Crippen molar-refractivity contribution in [3.63, 3.8) is 0 Å². The highest BCUT2D eigenvalue weighted by Crippen LogP contribution is 2.34. The first-order chi connectivity index (χ1) is 16.4. The van der Waals surface area contributed by atoms with Crippen LogP contribution in [0, 0.1) is 0 Å². The second kappa shape index (κ2) is 10.5. The molecule has 1 saturated heterocycles. The van der Waals surface area contributed by atoms with Crippen molar-refractivity contribution >= 4 is 29.1 Å². The van der Waals surface area contributed by atoms with Crippen LogP contribution >= 0.6 is 0 Å². The lowest BCUT2D eigenvalue weighted by Crippen LogP contribution is -2.50. The van der Waals surface area contributed by atoms with Crippen LogP contribution in [0.4, 0.5) is 5.69 Å². The van der Waals surface area contributed by atoms with Gasteiger partial charge in [-0.25, -0.2) is 5.41 Å². The van der Waals surface area contributed by atoms with E-state index in [9.17, 15) is 14.4 Å². The van der Waals surface area contributed by atoms with E-state index in [0.717, 1.165) is 25.7 Å². The summed E-state index contributed by atoms with van der Waals surface area (Å²) in [6.45, 7) is 0.485. The van der Waals surface area contributed by atoms with E-state index in [1.165, 1.54) is 18.0 Å². The lowest BCUT2D eigenvalue weighted by atomic mass is 9.97. The highest BCUT2D eigenvalue weighted by Gasteiger charge is 2.36. The number of likely N-dealkylation sites (tertiary alicyclic amines) is 1. The van der Waals surface area contributed by atoms with Crippen LogP contribution in [-0.2, 0) is 14.4 Å². The summed E-state index contributed by atoms with van der Waals surface area (Å²) in [5.74, 6) is -0.578. The fraction of sp³-hybridized carbons (Fsp3) is 0.400. The summed E-state index contributed by atoms with van der Waals surface area (Å²) in [7, 11) is 0. The number of primary amides is 1. The van der Waals surface area contributed by atoms with E-state index >= 15 is 0 Å². The first-order valence-electron chi connectivity index (χ1n) is 11.7. The van der Waals surface area contributed by atoms with Crippen LogP contribution in [0.1, 0.15) is 49.1 Å². The molecule has 9 nitrogen and oxygen atoms in total. The zero-order chi connectivity index (χ0) is 24.1. The zero-order valence-electron chi connectivity index (χ0n) is 19.1. The van der Waals surface area contributed by atoms with Gasteiger partial charge in [0.2, 0.25) is 11.8 Å². The molecule has 1 aliphatic carbocycles. The lowest BCUT2D eigenvalue weighted by Gasteiger charge is -2.26. The van der Waals surface area contributed by atoms with Gasteiger partial charge in [0.05, 0.1) is 24.0 Å². The number of rotatable bonds is 8. The van der Waals surface area contributed by atoms with Gasteiger partial charge in [-0.05, 0) is 49.7 Å². The van der Waals surface area contributed by atoms with Gasteiger partial charge < -0.3 is 21.3 Å². The van der Waals surface area contributed by atoms with Gasteiger partial charge in [-0.15, -0.1) is 0 Å². The fourth-order valence-corrected chi connectivity index (χ4v) is 4.95. The third kappa shape index (κ3) is 5.24. The van der Waals surface area contributed by atoms with Crippen LogP contribution in [0.25, 0.3) is 0 Å². The Hall–Kier alpha value is -3.75. The fourth-order valence-electron chi connectivity index (χ4n) is 4.95. The van der Waals surface area contributed by atoms with Crippen molar-refractivity contribution in [2.24, 2.45) is 5.73 Å².